The van der Waals surface area contributed by atoms with Crippen molar-refractivity contribution in [3.63, 3.8) is 0 Å². The first kappa shape index (κ1) is 36.5. The second-order valence-electron chi connectivity index (χ2n) is 16.7. The van der Waals surface area contributed by atoms with Crippen LogP contribution in [0, 0.1) is 40.4 Å². The Kier molecular flexibility index (Phi) is 8.47. The van der Waals surface area contributed by atoms with Gasteiger partial charge >= 0.3 is 17.9 Å². The summed E-state index contributed by atoms with van der Waals surface area (Å²) in [6.45, 7) is 7.14. The van der Waals surface area contributed by atoms with E-state index in [1.165, 1.54) is 21.0 Å². The van der Waals surface area contributed by atoms with Crippen LogP contribution < -0.4 is 4.90 Å². The number of hydrogen-bond acceptors (Lipinski definition) is 13. The van der Waals surface area contributed by atoms with Gasteiger partial charge in [-0.1, -0.05) is 26.0 Å². The Hall–Kier alpha value is -3.43. The smallest absolute Gasteiger partial charge is 0.340 e. The van der Waals surface area contributed by atoms with Gasteiger partial charge in [-0.2, -0.15) is 0 Å². The molecule has 8 rings (SSSR count). The van der Waals surface area contributed by atoms with Gasteiger partial charge in [0, 0.05) is 82.0 Å². The highest BCUT2D eigenvalue weighted by Crippen LogP contribution is 2.80. The van der Waals surface area contributed by atoms with E-state index in [0.717, 1.165) is 4.90 Å². The van der Waals surface area contributed by atoms with Gasteiger partial charge in [-0.15, -0.1) is 0 Å². The number of hydrogen-bond donors (Lipinski definition) is 2. The number of carbonyl (C=O) groups is 5. The van der Waals surface area contributed by atoms with E-state index in [2.05, 4.69) is 4.90 Å². The average molecular weight is 739 g/mol. The summed E-state index contributed by atoms with van der Waals surface area (Å²) in [6, 6.07) is 5.78. The monoisotopic (exact) mass is 738 g/mol. The molecule has 2 amide bonds. The zero-order chi connectivity index (χ0) is 38.0. The number of rotatable bonds is 9. The lowest BCUT2D eigenvalue weighted by Gasteiger charge is -2.70. The van der Waals surface area contributed by atoms with Gasteiger partial charge in [0.05, 0.1) is 36.1 Å². The number of para-hydroxylation sites is 1. The van der Waals surface area contributed by atoms with Crippen molar-refractivity contribution in [3.05, 3.63) is 29.8 Å². The number of esters is 3. The highest BCUT2D eigenvalue weighted by atomic mass is 16.6. The number of likely N-dealkylation sites (tertiary alicyclic amines) is 1. The van der Waals surface area contributed by atoms with E-state index < -0.39 is 94.1 Å². The molecule has 14 nitrogen and oxygen atoms in total. The Balaban J connectivity index is 1.24. The van der Waals surface area contributed by atoms with Crippen molar-refractivity contribution in [2.75, 3.05) is 38.8 Å². The quantitative estimate of drug-likeness (QED) is 0.213. The van der Waals surface area contributed by atoms with Crippen molar-refractivity contribution < 1.29 is 57.9 Å². The SMILES string of the molecule is CCN1C[C@]2(COC(=O)c3ccccc3N3C(=O)CC(C)C3=O)CC[C@H](OC)[C@]34C1C(O)([C@@H](OC)[C@H]23)[C@@]1(O)C[C@H](OC(C)=O)[C@H]2C[C@@H]4[C@@H]1[C@H]2OC(C)=O. The second-order valence-corrected chi connectivity index (χ2v) is 16.7. The number of ether oxygens (including phenoxy) is 5. The maximum absolute atomic E-state index is 14.1. The number of amides is 2. The normalized spacial score (nSPS) is 44.9. The van der Waals surface area contributed by atoms with Crippen LogP contribution in [0.15, 0.2) is 24.3 Å². The fourth-order valence-corrected chi connectivity index (χ4v) is 13.3. The van der Waals surface area contributed by atoms with Crippen LogP contribution in [0.25, 0.3) is 0 Å². The number of fused-ring (bicyclic) bond motifs is 2. The van der Waals surface area contributed by atoms with Crippen molar-refractivity contribution in [2.45, 2.75) is 101 Å². The van der Waals surface area contributed by atoms with Gasteiger partial charge < -0.3 is 33.9 Å². The van der Waals surface area contributed by atoms with Crippen molar-refractivity contribution in [2.24, 2.45) is 40.4 Å². The molecular weight excluding hydrogens is 688 g/mol. The third-order valence-corrected chi connectivity index (χ3v) is 14.6. The number of nitrogens with zero attached hydrogens (tertiary/aromatic N) is 2. The summed E-state index contributed by atoms with van der Waals surface area (Å²) in [4.78, 5) is 68.3. The molecule has 53 heavy (non-hydrogen) atoms. The fourth-order valence-electron chi connectivity index (χ4n) is 13.3. The van der Waals surface area contributed by atoms with Crippen molar-refractivity contribution in [1.29, 1.82) is 0 Å². The predicted molar refractivity (Wildman–Crippen MR) is 184 cm³/mol. The van der Waals surface area contributed by atoms with Crippen LogP contribution in [0.3, 0.4) is 0 Å². The van der Waals surface area contributed by atoms with E-state index in [9.17, 15) is 34.2 Å². The van der Waals surface area contributed by atoms with Crippen LogP contribution in [0.2, 0.25) is 0 Å². The molecule has 2 aliphatic heterocycles. The van der Waals surface area contributed by atoms with Gasteiger partial charge in [0.2, 0.25) is 11.8 Å². The minimum Gasteiger partial charge on any atom is -0.462 e. The van der Waals surface area contributed by atoms with E-state index in [1.54, 1.807) is 38.3 Å². The molecule has 1 spiro atoms. The number of aliphatic hydroxyl groups is 2. The summed E-state index contributed by atoms with van der Waals surface area (Å²) in [5.41, 5.74) is -5.22. The summed E-state index contributed by atoms with van der Waals surface area (Å²) in [7, 11) is 3.17. The van der Waals surface area contributed by atoms with Crippen LogP contribution in [-0.4, -0.2) is 120 Å². The van der Waals surface area contributed by atoms with Crippen molar-refractivity contribution >= 4 is 35.4 Å². The van der Waals surface area contributed by atoms with E-state index in [4.69, 9.17) is 23.7 Å². The van der Waals surface area contributed by atoms with Crippen LogP contribution in [-0.2, 0) is 42.9 Å². The molecule has 5 aliphatic carbocycles. The number of anilines is 1. The van der Waals surface area contributed by atoms with E-state index in [-0.39, 0.29) is 48.4 Å². The number of likely N-dealkylation sites (N-methyl/N-ethyl adjacent to an activating group) is 1. The second kappa shape index (κ2) is 12.3. The number of piperidine rings is 1. The molecule has 2 saturated heterocycles. The van der Waals surface area contributed by atoms with Gasteiger partial charge in [0.25, 0.3) is 0 Å². The molecule has 288 valence electrons. The Morgan fingerprint density at radius 2 is 1.74 bits per heavy atom. The summed E-state index contributed by atoms with van der Waals surface area (Å²) in [5.74, 6) is -4.99. The summed E-state index contributed by atoms with van der Waals surface area (Å²) < 4.78 is 30.9. The maximum Gasteiger partial charge on any atom is 0.340 e. The minimum absolute atomic E-state index is 0.0559. The van der Waals surface area contributed by atoms with E-state index >= 15 is 0 Å². The molecule has 7 fully saturated rings. The van der Waals surface area contributed by atoms with Crippen LogP contribution in [0.1, 0.15) is 70.2 Å². The average Bonchev–Trinajstić information content (AvgIpc) is 3.62. The highest BCUT2D eigenvalue weighted by molar-refractivity contribution is 6.22. The largest absolute Gasteiger partial charge is 0.462 e. The summed E-state index contributed by atoms with van der Waals surface area (Å²) in [6.07, 6.45) is -1.48. The van der Waals surface area contributed by atoms with Gasteiger partial charge in [-0.3, -0.25) is 24.1 Å². The van der Waals surface area contributed by atoms with Crippen LogP contribution in [0.4, 0.5) is 5.69 Å². The first-order chi connectivity index (χ1) is 25.2. The van der Waals surface area contributed by atoms with Crippen molar-refractivity contribution in [3.8, 4) is 0 Å². The predicted octanol–water partition coefficient (Wildman–Crippen LogP) is 1.87. The molecule has 5 saturated carbocycles. The van der Waals surface area contributed by atoms with E-state index in [1.807, 2.05) is 6.92 Å². The lowest BCUT2D eigenvalue weighted by molar-refractivity contribution is -0.318. The first-order valence-corrected chi connectivity index (χ1v) is 18.9. The zero-order valence-electron chi connectivity index (χ0n) is 31.1. The summed E-state index contributed by atoms with van der Waals surface area (Å²) >= 11 is 0. The Morgan fingerprint density at radius 3 is 2.36 bits per heavy atom. The maximum atomic E-state index is 14.1. The molecule has 7 aliphatic rings. The van der Waals surface area contributed by atoms with Crippen LogP contribution >= 0.6 is 0 Å². The first-order valence-electron chi connectivity index (χ1n) is 18.9. The molecule has 3 unspecified atom stereocenters. The fraction of sp³-hybridized carbons (Fsp3) is 0.718. The Bertz CT molecular complexity index is 1750. The molecule has 2 N–H and O–H groups in total. The van der Waals surface area contributed by atoms with Gasteiger partial charge in [-0.05, 0) is 43.9 Å². The highest BCUT2D eigenvalue weighted by Gasteiger charge is 2.92. The molecular formula is C39H50N2O12. The molecule has 0 radical (unpaired) electrons. The molecule has 1 aromatic rings. The van der Waals surface area contributed by atoms with Gasteiger partial charge in [0.1, 0.15) is 23.4 Å². The molecule has 14 atom stereocenters. The third-order valence-electron chi connectivity index (χ3n) is 14.6. The molecule has 2 heterocycles. The number of methoxy groups -OCH3 is 2. The molecule has 0 aromatic heterocycles. The van der Waals surface area contributed by atoms with Gasteiger partial charge in [-0.25, -0.2) is 9.69 Å². The minimum atomic E-state index is -1.94. The number of imide groups is 1. The molecule has 14 heteroatoms. The van der Waals surface area contributed by atoms with E-state index in [0.29, 0.717) is 32.4 Å². The Labute approximate surface area is 308 Å². The van der Waals surface area contributed by atoms with Crippen molar-refractivity contribution in [1.82, 2.24) is 4.90 Å². The number of carbonyl (C=O) groups excluding carboxylic acids is 5. The molecule has 7 bridgehead atoms. The van der Waals surface area contributed by atoms with Gasteiger partial charge in [0.15, 0.2) is 0 Å². The lowest BCUT2D eigenvalue weighted by atomic mass is 9.42. The lowest BCUT2D eigenvalue weighted by Crippen LogP contribution is -2.82. The standard InChI is InChI=1S/C39H50N2O12/c1-7-40-17-36(18-51-34(46)22-10-8-9-11-25(22)41-28(44)14-19(2)33(41)45)13-12-27(49-5)38-24-15-23-26(52-20(3)42)16-37(47,29(24)30(23)53-21(4)43)39(48,35(38)40)32(50-6)31(36)38/h8-11,19,23-24,26-27,29-32,35,47-48H,7,12-18H2,1-6H3/t19?,23-,24-,26+,27+,29-,30+,31-,32+,35?,36+,37-,38+,39?/m1/s1. The Morgan fingerprint density at radius 1 is 1.02 bits per heavy atom. The molecule has 1 aromatic carbocycles. The van der Waals surface area contributed by atoms with Crippen LogP contribution in [0.5, 0.6) is 0 Å². The zero-order valence-corrected chi connectivity index (χ0v) is 31.1. The summed E-state index contributed by atoms with van der Waals surface area (Å²) in [5, 5.41) is 26.8. The third kappa shape index (κ3) is 4.53. The topological polar surface area (TPSA) is 178 Å². The number of benzene rings is 1.